The summed E-state index contributed by atoms with van der Waals surface area (Å²) in [5, 5.41) is 0.973. The lowest BCUT2D eigenvalue weighted by atomic mass is 9.83. The van der Waals surface area contributed by atoms with Crippen LogP contribution in [0, 0.1) is 5.41 Å². The number of halogens is 3. The molecule has 0 amide bonds. The van der Waals surface area contributed by atoms with E-state index in [1.165, 1.54) is 0 Å². The van der Waals surface area contributed by atoms with Crippen LogP contribution in [-0.4, -0.2) is 6.61 Å². The van der Waals surface area contributed by atoms with Gasteiger partial charge in [0, 0.05) is 11.1 Å². The van der Waals surface area contributed by atoms with Crippen LogP contribution in [0.2, 0.25) is 10.0 Å². The molecule has 0 fully saturated rings. The second kappa shape index (κ2) is 6.36. The summed E-state index contributed by atoms with van der Waals surface area (Å²) < 4.78 is 5.40. The van der Waals surface area contributed by atoms with Crippen LogP contribution in [0.1, 0.15) is 45.1 Å². The first-order valence-corrected chi connectivity index (χ1v) is 7.28. The number of hydrogen-bond donors (Lipinski definition) is 0. The van der Waals surface area contributed by atoms with E-state index in [9.17, 15) is 0 Å². The Morgan fingerprint density at radius 2 is 1.78 bits per heavy atom. The zero-order valence-corrected chi connectivity index (χ0v) is 13.5. The molecule has 1 unspecified atom stereocenters. The highest BCUT2D eigenvalue weighted by atomic mass is 35.5. The van der Waals surface area contributed by atoms with Gasteiger partial charge in [0.1, 0.15) is 5.75 Å². The molecule has 0 radical (unpaired) electrons. The summed E-state index contributed by atoms with van der Waals surface area (Å²) in [5.41, 5.74) is 0.820. The number of benzene rings is 1. The Morgan fingerprint density at radius 3 is 2.28 bits per heavy atom. The average molecular weight is 310 g/mol. The van der Waals surface area contributed by atoms with Gasteiger partial charge in [0.25, 0.3) is 0 Å². The van der Waals surface area contributed by atoms with Crippen molar-refractivity contribution in [2.45, 2.75) is 39.5 Å². The monoisotopic (exact) mass is 308 g/mol. The molecule has 102 valence electrons. The normalized spacial score (nSPS) is 13.5. The Balaban J connectivity index is 3.15. The molecule has 1 aromatic carbocycles. The zero-order chi connectivity index (χ0) is 13.9. The maximum atomic E-state index is 6.52. The molecule has 1 rings (SSSR count). The van der Waals surface area contributed by atoms with Gasteiger partial charge in [-0.2, -0.15) is 0 Å². The minimum atomic E-state index is -0.178. The van der Waals surface area contributed by atoms with Gasteiger partial charge in [-0.25, -0.2) is 0 Å². The van der Waals surface area contributed by atoms with Crippen molar-refractivity contribution in [1.29, 1.82) is 0 Å². The third-order valence-electron chi connectivity index (χ3n) is 3.22. The van der Waals surface area contributed by atoms with Crippen LogP contribution < -0.4 is 4.74 Å². The molecule has 1 atom stereocenters. The Kier molecular flexibility index (Phi) is 5.64. The molecule has 1 nitrogen and oxygen atoms in total. The first-order valence-electron chi connectivity index (χ1n) is 6.09. The Labute approximate surface area is 124 Å². The largest absolute Gasteiger partial charge is 0.492 e. The summed E-state index contributed by atoms with van der Waals surface area (Å²) in [6.45, 7) is 8.80. The Hall–Kier alpha value is -0.110. The van der Waals surface area contributed by atoms with E-state index in [1.807, 2.05) is 13.0 Å². The fourth-order valence-corrected chi connectivity index (χ4v) is 2.48. The van der Waals surface area contributed by atoms with E-state index in [0.717, 1.165) is 12.0 Å². The molecule has 18 heavy (non-hydrogen) atoms. The van der Waals surface area contributed by atoms with Crippen molar-refractivity contribution in [3.05, 3.63) is 27.7 Å². The molecule has 0 saturated heterocycles. The van der Waals surface area contributed by atoms with E-state index >= 15 is 0 Å². The highest BCUT2D eigenvalue weighted by molar-refractivity contribution is 6.35. The fourth-order valence-electron chi connectivity index (χ4n) is 1.60. The molecule has 0 aliphatic rings. The third-order valence-corrected chi connectivity index (χ3v) is 4.67. The van der Waals surface area contributed by atoms with Gasteiger partial charge < -0.3 is 4.74 Å². The number of hydrogen-bond acceptors (Lipinski definition) is 1. The van der Waals surface area contributed by atoms with Crippen molar-refractivity contribution in [2.75, 3.05) is 6.61 Å². The summed E-state index contributed by atoms with van der Waals surface area (Å²) in [7, 11) is 0. The average Bonchev–Trinajstić information content (AvgIpc) is 2.32. The van der Waals surface area contributed by atoms with Crippen LogP contribution >= 0.6 is 34.8 Å². The summed E-state index contributed by atoms with van der Waals surface area (Å²) >= 11 is 19.0. The van der Waals surface area contributed by atoms with Crippen LogP contribution in [0.15, 0.2) is 12.1 Å². The number of ether oxygens (including phenoxy) is 1. The quantitative estimate of drug-likeness (QED) is 0.596. The van der Waals surface area contributed by atoms with Crippen LogP contribution in [-0.2, 0) is 0 Å². The van der Waals surface area contributed by atoms with Crippen LogP contribution in [0.5, 0.6) is 5.75 Å². The van der Waals surface area contributed by atoms with Gasteiger partial charge in [0.05, 0.1) is 17.0 Å². The van der Waals surface area contributed by atoms with E-state index in [2.05, 4.69) is 20.8 Å². The molecule has 0 aromatic heterocycles. The van der Waals surface area contributed by atoms with Gasteiger partial charge in [-0.3, -0.25) is 0 Å². The summed E-state index contributed by atoms with van der Waals surface area (Å²) in [5.74, 6) is 0.603. The molecule has 0 aliphatic carbocycles. The summed E-state index contributed by atoms with van der Waals surface area (Å²) in [4.78, 5) is 0. The van der Waals surface area contributed by atoms with Crippen molar-refractivity contribution >= 4 is 34.8 Å². The summed E-state index contributed by atoms with van der Waals surface area (Å²) in [6.07, 6.45) is 0.961. The van der Waals surface area contributed by atoms with Crippen molar-refractivity contribution in [3.8, 4) is 5.75 Å². The molecule has 0 saturated carbocycles. The van der Waals surface area contributed by atoms with Crippen molar-refractivity contribution in [2.24, 2.45) is 5.41 Å². The Morgan fingerprint density at radius 1 is 1.17 bits per heavy atom. The van der Waals surface area contributed by atoms with Crippen LogP contribution in [0.4, 0.5) is 0 Å². The molecule has 0 aliphatic heterocycles. The van der Waals surface area contributed by atoms with E-state index in [1.54, 1.807) is 6.07 Å². The summed E-state index contributed by atoms with van der Waals surface area (Å²) in [6, 6.07) is 3.55. The first kappa shape index (κ1) is 15.9. The maximum absolute atomic E-state index is 6.52. The number of alkyl halides is 1. The highest BCUT2D eigenvalue weighted by Crippen LogP contribution is 2.46. The van der Waals surface area contributed by atoms with Gasteiger partial charge in [-0.05, 0) is 30.4 Å². The van der Waals surface area contributed by atoms with E-state index in [-0.39, 0.29) is 10.8 Å². The molecule has 0 bridgehead atoms. The SMILES string of the molecule is CCOc1cc(Cl)c(C(Cl)C(C)(C)CC)cc1Cl. The molecule has 0 spiro atoms. The third kappa shape index (κ3) is 3.46. The van der Waals surface area contributed by atoms with E-state index < -0.39 is 0 Å². The zero-order valence-electron chi connectivity index (χ0n) is 11.2. The molecule has 0 N–H and O–H groups in total. The molecule has 0 heterocycles. The lowest BCUT2D eigenvalue weighted by molar-refractivity contribution is 0.333. The van der Waals surface area contributed by atoms with Gasteiger partial charge in [-0.15, -0.1) is 11.6 Å². The number of rotatable bonds is 5. The lowest BCUT2D eigenvalue weighted by Crippen LogP contribution is -2.17. The fraction of sp³-hybridized carbons (Fsp3) is 0.571. The van der Waals surface area contributed by atoms with Gasteiger partial charge in [0.2, 0.25) is 0 Å². The van der Waals surface area contributed by atoms with Crippen molar-refractivity contribution in [3.63, 3.8) is 0 Å². The Bertz CT molecular complexity index is 416. The van der Waals surface area contributed by atoms with Gasteiger partial charge in [0.15, 0.2) is 0 Å². The van der Waals surface area contributed by atoms with Crippen molar-refractivity contribution < 1.29 is 4.74 Å². The minimum Gasteiger partial charge on any atom is -0.492 e. The predicted octanol–water partition coefficient (Wildman–Crippen LogP) is 6.11. The van der Waals surface area contributed by atoms with Gasteiger partial charge >= 0.3 is 0 Å². The molecular weight excluding hydrogens is 291 g/mol. The molecular formula is C14H19Cl3O. The topological polar surface area (TPSA) is 9.23 Å². The minimum absolute atomic E-state index is 0.0400. The van der Waals surface area contributed by atoms with Crippen molar-refractivity contribution in [1.82, 2.24) is 0 Å². The van der Waals surface area contributed by atoms with Crippen LogP contribution in [0.25, 0.3) is 0 Å². The van der Waals surface area contributed by atoms with Crippen LogP contribution in [0.3, 0.4) is 0 Å². The maximum Gasteiger partial charge on any atom is 0.139 e. The second-order valence-corrected chi connectivity index (χ2v) is 6.19. The predicted molar refractivity (Wildman–Crippen MR) is 80.3 cm³/mol. The molecule has 4 heteroatoms. The first-order chi connectivity index (χ1) is 8.33. The second-order valence-electron chi connectivity index (χ2n) is 4.94. The molecule has 1 aromatic rings. The van der Waals surface area contributed by atoms with E-state index in [0.29, 0.717) is 22.4 Å². The standard InChI is InChI=1S/C14H19Cl3O/c1-5-14(3,4)13(17)9-7-11(16)12(18-6-2)8-10(9)15/h7-8,13H,5-6H2,1-4H3. The lowest BCUT2D eigenvalue weighted by Gasteiger charge is -2.29. The van der Waals surface area contributed by atoms with Gasteiger partial charge in [-0.1, -0.05) is 44.0 Å². The highest BCUT2D eigenvalue weighted by Gasteiger charge is 2.29. The van der Waals surface area contributed by atoms with E-state index in [4.69, 9.17) is 39.5 Å². The smallest absolute Gasteiger partial charge is 0.139 e.